The van der Waals surface area contributed by atoms with Gasteiger partial charge in [0.2, 0.25) is 11.8 Å². The molecule has 2 bridgehead atoms. The van der Waals surface area contributed by atoms with E-state index in [9.17, 15) is 9.59 Å². The number of benzene rings is 1. The lowest BCUT2D eigenvalue weighted by atomic mass is 9.63. The van der Waals surface area contributed by atoms with Crippen molar-refractivity contribution in [3.8, 4) is 0 Å². The summed E-state index contributed by atoms with van der Waals surface area (Å²) >= 11 is 0. The van der Waals surface area contributed by atoms with Crippen LogP contribution in [0.5, 0.6) is 0 Å². The van der Waals surface area contributed by atoms with Crippen LogP contribution in [0.1, 0.15) is 44.6 Å². The van der Waals surface area contributed by atoms with Gasteiger partial charge in [-0.1, -0.05) is 31.4 Å². The Kier molecular flexibility index (Phi) is 3.15. The molecule has 0 N–H and O–H groups in total. The molecule has 1 saturated heterocycles. The number of hydrogen-bond donors (Lipinski definition) is 0. The number of anilines is 1. The molecule has 1 aromatic heterocycles. The molecule has 4 fully saturated rings. The van der Waals surface area contributed by atoms with Crippen molar-refractivity contribution in [3.63, 3.8) is 0 Å². The molecule has 5 aliphatic carbocycles. The van der Waals surface area contributed by atoms with Gasteiger partial charge in [-0.3, -0.25) is 9.59 Å². The molecule has 1 aliphatic heterocycles. The highest BCUT2D eigenvalue weighted by molar-refractivity contribution is 6.23. The summed E-state index contributed by atoms with van der Waals surface area (Å²) in [5.41, 5.74) is 2.69. The molecule has 2 aromatic rings. The Bertz CT molecular complexity index is 1040. The number of carbonyl (C=O) groups is 2. The second-order valence-electron chi connectivity index (χ2n) is 9.78. The third-order valence-electron chi connectivity index (χ3n) is 8.45. The maximum atomic E-state index is 13.3. The van der Waals surface area contributed by atoms with Gasteiger partial charge in [-0.15, -0.1) is 0 Å². The summed E-state index contributed by atoms with van der Waals surface area (Å²) in [6.45, 7) is 0. The van der Waals surface area contributed by atoms with Crippen LogP contribution in [-0.2, 0) is 9.59 Å². The number of fused-ring (bicyclic) bond motifs is 1. The Balaban J connectivity index is 1.25. The molecule has 0 radical (unpaired) electrons. The van der Waals surface area contributed by atoms with Crippen molar-refractivity contribution in [3.05, 3.63) is 36.7 Å². The van der Waals surface area contributed by atoms with E-state index >= 15 is 0 Å². The maximum absolute atomic E-state index is 13.3. The minimum Gasteiger partial charge on any atom is -0.327 e. The summed E-state index contributed by atoms with van der Waals surface area (Å²) in [4.78, 5) is 32.8. The fraction of sp³-hybridized carbons (Fsp3) is 0.542. The number of rotatable bonds is 2. The van der Waals surface area contributed by atoms with Gasteiger partial charge in [0.25, 0.3) is 0 Å². The zero-order valence-corrected chi connectivity index (χ0v) is 16.4. The van der Waals surface area contributed by atoms with Crippen LogP contribution in [-0.4, -0.2) is 21.4 Å². The van der Waals surface area contributed by atoms with E-state index in [1.165, 1.54) is 43.4 Å². The van der Waals surface area contributed by atoms with E-state index in [1.54, 1.807) is 0 Å². The first-order valence-corrected chi connectivity index (χ1v) is 11.2. The summed E-state index contributed by atoms with van der Waals surface area (Å²) < 4.78 is 2.29. The molecule has 2 amide bonds. The number of carbonyl (C=O) groups excluding carboxylic acids is 2. The number of imidazole rings is 1. The highest BCUT2D eigenvalue weighted by Gasteiger charge is 2.67. The number of aromatic nitrogens is 2. The molecule has 2 heterocycles. The van der Waals surface area contributed by atoms with E-state index in [2.05, 4.69) is 27.8 Å². The van der Waals surface area contributed by atoms with Crippen LogP contribution in [0.25, 0.3) is 11.0 Å². The van der Waals surface area contributed by atoms with E-state index in [0.717, 1.165) is 11.0 Å². The van der Waals surface area contributed by atoms with Gasteiger partial charge in [-0.2, -0.15) is 0 Å². The molecule has 5 nitrogen and oxygen atoms in total. The molecule has 8 rings (SSSR count). The van der Waals surface area contributed by atoms with E-state index in [4.69, 9.17) is 0 Å². The first-order chi connectivity index (χ1) is 14.2. The van der Waals surface area contributed by atoms with Crippen LogP contribution < -0.4 is 4.90 Å². The summed E-state index contributed by atoms with van der Waals surface area (Å²) in [7, 11) is 0. The first-order valence-electron chi connectivity index (χ1n) is 11.2. The Morgan fingerprint density at radius 1 is 0.897 bits per heavy atom. The van der Waals surface area contributed by atoms with E-state index in [0.29, 0.717) is 23.6 Å². The largest absolute Gasteiger partial charge is 0.327 e. The minimum atomic E-state index is -0.142. The second kappa shape index (κ2) is 5.59. The predicted molar refractivity (Wildman–Crippen MR) is 109 cm³/mol. The van der Waals surface area contributed by atoms with Gasteiger partial charge < -0.3 is 4.57 Å². The van der Waals surface area contributed by atoms with Gasteiger partial charge in [-0.05, 0) is 61.1 Å². The van der Waals surface area contributed by atoms with Gasteiger partial charge in [0.05, 0.1) is 34.9 Å². The molecule has 3 saturated carbocycles. The predicted octanol–water partition coefficient (Wildman–Crippen LogP) is 4.10. The summed E-state index contributed by atoms with van der Waals surface area (Å²) in [6, 6.07) is 6.47. The van der Waals surface area contributed by atoms with E-state index in [1.807, 2.05) is 18.5 Å². The van der Waals surface area contributed by atoms with Crippen LogP contribution in [0.15, 0.2) is 36.7 Å². The number of hydrogen-bond acceptors (Lipinski definition) is 3. The number of allylic oxidation sites excluding steroid dienone is 2. The Labute approximate surface area is 169 Å². The van der Waals surface area contributed by atoms with E-state index in [-0.39, 0.29) is 35.5 Å². The molecule has 0 unspecified atom stereocenters. The molecule has 1 aromatic carbocycles. The Hall–Kier alpha value is -2.43. The van der Waals surface area contributed by atoms with Crippen LogP contribution >= 0.6 is 0 Å². The topological polar surface area (TPSA) is 55.2 Å². The van der Waals surface area contributed by atoms with Gasteiger partial charge in [0, 0.05) is 6.04 Å². The fourth-order valence-corrected chi connectivity index (χ4v) is 7.02. The summed E-state index contributed by atoms with van der Waals surface area (Å²) in [5, 5.41) is 0. The highest BCUT2D eigenvalue weighted by Crippen LogP contribution is 2.65. The fourth-order valence-electron chi connectivity index (χ4n) is 7.02. The van der Waals surface area contributed by atoms with Crippen molar-refractivity contribution in [2.75, 3.05) is 4.90 Å². The molecular formula is C24H25N3O2. The molecule has 6 aliphatic rings. The van der Waals surface area contributed by atoms with Crippen LogP contribution in [0.4, 0.5) is 5.69 Å². The Morgan fingerprint density at radius 3 is 2.28 bits per heavy atom. The standard InChI is InChI=1S/C24H25N3O2/c28-23-21-15-7-8-16(18-11-17(15)18)22(21)24(29)27(23)14-6-9-20-19(10-14)25-12-26(20)13-4-2-1-3-5-13/h6-10,12-13,15-18,21-22H,1-5,11H2/t15-,16-,17-,18-,21-,22+/m0/s1. The Morgan fingerprint density at radius 2 is 1.59 bits per heavy atom. The highest BCUT2D eigenvalue weighted by atomic mass is 16.2. The lowest BCUT2D eigenvalue weighted by Gasteiger charge is -2.37. The third kappa shape index (κ3) is 2.08. The smallest absolute Gasteiger partial charge is 0.238 e. The molecule has 0 spiro atoms. The minimum absolute atomic E-state index is 0.00997. The lowest BCUT2D eigenvalue weighted by Crippen LogP contribution is -2.40. The van der Waals surface area contributed by atoms with Crippen molar-refractivity contribution in [2.24, 2.45) is 35.5 Å². The zero-order chi connectivity index (χ0) is 19.3. The van der Waals surface area contributed by atoms with Crippen LogP contribution in [0.2, 0.25) is 0 Å². The van der Waals surface area contributed by atoms with Gasteiger partial charge >= 0.3 is 0 Å². The average Bonchev–Trinajstić information content (AvgIpc) is 3.42. The number of imide groups is 1. The van der Waals surface area contributed by atoms with Gasteiger partial charge in [-0.25, -0.2) is 9.88 Å². The zero-order valence-electron chi connectivity index (χ0n) is 16.4. The average molecular weight is 387 g/mol. The molecule has 6 atom stereocenters. The van der Waals surface area contributed by atoms with Crippen molar-refractivity contribution < 1.29 is 9.59 Å². The van der Waals surface area contributed by atoms with E-state index < -0.39 is 0 Å². The second-order valence-corrected chi connectivity index (χ2v) is 9.78. The quantitative estimate of drug-likeness (QED) is 0.576. The normalized spacial score (nSPS) is 38.0. The molecule has 148 valence electrons. The summed E-state index contributed by atoms with van der Waals surface area (Å²) in [5.74, 6) is 1.55. The number of amides is 2. The van der Waals surface area contributed by atoms with Crippen molar-refractivity contribution in [1.29, 1.82) is 0 Å². The van der Waals surface area contributed by atoms with Crippen molar-refractivity contribution in [2.45, 2.75) is 44.6 Å². The summed E-state index contributed by atoms with van der Waals surface area (Å²) in [6.07, 6.45) is 13.9. The lowest BCUT2D eigenvalue weighted by molar-refractivity contribution is -0.124. The van der Waals surface area contributed by atoms with Crippen molar-refractivity contribution >= 4 is 28.5 Å². The SMILES string of the molecule is O=C1[C@@H]2[C@H]3C=C[C@@H]([C@@H]4C[C@@H]34)[C@@H]2C(=O)N1c1ccc2c(c1)ncn2C1CCCCC1. The third-order valence-corrected chi connectivity index (χ3v) is 8.45. The maximum Gasteiger partial charge on any atom is 0.238 e. The molecular weight excluding hydrogens is 362 g/mol. The monoisotopic (exact) mass is 387 g/mol. The van der Waals surface area contributed by atoms with Crippen LogP contribution in [0.3, 0.4) is 0 Å². The van der Waals surface area contributed by atoms with Gasteiger partial charge in [0.15, 0.2) is 0 Å². The van der Waals surface area contributed by atoms with Gasteiger partial charge in [0.1, 0.15) is 0 Å². The molecule has 5 heteroatoms. The van der Waals surface area contributed by atoms with Crippen molar-refractivity contribution in [1.82, 2.24) is 9.55 Å². The number of nitrogens with zero attached hydrogens (tertiary/aromatic N) is 3. The first kappa shape index (κ1) is 16.4. The molecule has 29 heavy (non-hydrogen) atoms. The van der Waals surface area contributed by atoms with Crippen LogP contribution in [0, 0.1) is 35.5 Å².